The van der Waals surface area contributed by atoms with Gasteiger partial charge in [0.2, 0.25) is 0 Å². The SMILES string of the molecule is CC(CO)(Nc1nc(C(F)(F)F)ccc1C#N)C1CC1. The molecular formula is C13H14F3N3O. The molecule has 1 aromatic heterocycles. The maximum absolute atomic E-state index is 12.7. The molecule has 0 spiro atoms. The van der Waals surface area contributed by atoms with E-state index in [1.165, 1.54) is 0 Å². The zero-order chi connectivity index (χ0) is 15.0. The molecule has 20 heavy (non-hydrogen) atoms. The van der Waals surface area contributed by atoms with Gasteiger partial charge in [-0.25, -0.2) is 4.98 Å². The van der Waals surface area contributed by atoms with Crippen molar-refractivity contribution < 1.29 is 18.3 Å². The Balaban J connectivity index is 2.36. The van der Waals surface area contributed by atoms with Gasteiger partial charge in [-0.15, -0.1) is 0 Å². The van der Waals surface area contributed by atoms with Gasteiger partial charge >= 0.3 is 6.18 Å². The van der Waals surface area contributed by atoms with Gasteiger partial charge in [-0.05, 0) is 37.8 Å². The first-order valence-electron chi connectivity index (χ1n) is 6.17. The van der Waals surface area contributed by atoms with Crippen LogP contribution in [0.15, 0.2) is 12.1 Å². The van der Waals surface area contributed by atoms with Crippen LogP contribution in [0.25, 0.3) is 0 Å². The van der Waals surface area contributed by atoms with E-state index in [2.05, 4.69) is 10.3 Å². The van der Waals surface area contributed by atoms with E-state index in [0.29, 0.717) is 0 Å². The topological polar surface area (TPSA) is 68.9 Å². The number of anilines is 1. The second kappa shape index (κ2) is 4.94. The fraction of sp³-hybridized carbons (Fsp3) is 0.538. The highest BCUT2D eigenvalue weighted by Crippen LogP contribution is 2.41. The van der Waals surface area contributed by atoms with Crippen LogP contribution < -0.4 is 5.32 Å². The summed E-state index contributed by atoms with van der Waals surface area (Å²) in [5.74, 6) is 0.0427. The van der Waals surface area contributed by atoms with Crippen LogP contribution in [0.1, 0.15) is 31.0 Å². The van der Waals surface area contributed by atoms with E-state index in [-0.39, 0.29) is 23.9 Å². The van der Waals surface area contributed by atoms with Gasteiger partial charge in [-0.2, -0.15) is 18.4 Å². The van der Waals surface area contributed by atoms with Crippen molar-refractivity contribution in [1.82, 2.24) is 4.98 Å². The average Bonchev–Trinajstić information content (AvgIpc) is 3.22. The van der Waals surface area contributed by atoms with Crippen molar-refractivity contribution in [2.45, 2.75) is 31.5 Å². The highest BCUT2D eigenvalue weighted by molar-refractivity contribution is 5.54. The van der Waals surface area contributed by atoms with Gasteiger partial charge < -0.3 is 10.4 Å². The average molecular weight is 285 g/mol. The lowest BCUT2D eigenvalue weighted by Crippen LogP contribution is -2.41. The van der Waals surface area contributed by atoms with Crippen molar-refractivity contribution in [3.8, 4) is 6.07 Å². The van der Waals surface area contributed by atoms with Gasteiger partial charge in [0.1, 0.15) is 17.6 Å². The van der Waals surface area contributed by atoms with Crippen LogP contribution >= 0.6 is 0 Å². The number of halogens is 3. The van der Waals surface area contributed by atoms with E-state index < -0.39 is 17.4 Å². The molecule has 1 aliphatic carbocycles. The van der Waals surface area contributed by atoms with Crippen molar-refractivity contribution in [3.05, 3.63) is 23.4 Å². The Morgan fingerprint density at radius 1 is 1.45 bits per heavy atom. The van der Waals surface area contributed by atoms with E-state index in [9.17, 15) is 18.3 Å². The van der Waals surface area contributed by atoms with Gasteiger partial charge in [0.05, 0.1) is 17.7 Å². The second-order valence-electron chi connectivity index (χ2n) is 5.18. The number of nitrogens with one attached hydrogen (secondary N) is 1. The number of aliphatic hydroxyl groups excluding tert-OH is 1. The lowest BCUT2D eigenvalue weighted by atomic mass is 9.96. The van der Waals surface area contributed by atoms with Crippen molar-refractivity contribution >= 4 is 5.82 Å². The molecule has 1 atom stereocenters. The van der Waals surface area contributed by atoms with Gasteiger partial charge in [0, 0.05) is 0 Å². The first-order chi connectivity index (χ1) is 9.30. The Morgan fingerprint density at radius 3 is 2.55 bits per heavy atom. The van der Waals surface area contributed by atoms with E-state index >= 15 is 0 Å². The van der Waals surface area contributed by atoms with Crippen LogP contribution in [0.4, 0.5) is 19.0 Å². The zero-order valence-electron chi connectivity index (χ0n) is 10.8. The molecule has 0 aromatic carbocycles. The van der Waals surface area contributed by atoms with Crippen LogP contribution in [0.2, 0.25) is 0 Å². The summed E-state index contributed by atoms with van der Waals surface area (Å²) in [6.45, 7) is 1.48. The molecule has 0 saturated heterocycles. The summed E-state index contributed by atoms with van der Waals surface area (Å²) in [6.07, 6.45) is -2.78. The van der Waals surface area contributed by atoms with Crippen molar-refractivity contribution in [3.63, 3.8) is 0 Å². The summed E-state index contributed by atoms with van der Waals surface area (Å²) in [4.78, 5) is 3.49. The molecule has 1 saturated carbocycles. The number of nitrogens with zero attached hydrogens (tertiary/aromatic N) is 2. The summed E-state index contributed by atoms with van der Waals surface area (Å²) >= 11 is 0. The molecule has 4 nitrogen and oxygen atoms in total. The highest BCUT2D eigenvalue weighted by Gasteiger charge is 2.42. The Kier molecular flexibility index (Phi) is 3.61. The summed E-state index contributed by atoms with van der Waals surface area (Å²) in [7, 11) is 0. The number of pyridine rings is 1. The first kappa shape index (κ1) is 14.6. The van der Waals surface area contributed by atoms with Gasteiger partial charge in [0.15, 0.2) is 0 Å². The third kappa shape index (κ3) is 2.85. The molecule has 7 heteroatoms. The Hall–Kier alpha value is -1.81. The van der Waals surface area contributed by atoms with Crippen molar-refractivity contribution in [2.75, 3.05) is 11.9 Å². The van der Waals surface area contributed by atoms with E-state index in [1.54, 1.807) is 13.0 Å². The fourth-order valence-electron chi connectivity index (χ4n) is 2.06. The minimum atomic E-state index is -4.57. The molecule has 1 heterocycles. The Labute approximate surface area is 114 Å². The first-order valence-corrected chi connectivity index (χ1v) is 6.17. The highest BCUT2D eigenvalue weighted by atomic mass is 19.4. The minimum Gasteiger partial charge on any atom is -0.394 e. The molecule has 2 rings (SSSR count). The quantitative estimate of drug-likeness (QED) is 0.892. The van der Waals surface area contributed by atoms with Crippen molar-refractivity contribution in [1.29, 1.82) is 5.26 Å². The standard InChI is InChI=1S/C13H14F3N3O/c1-12(7-20,9-3-4-9)19-11-8(6-17)2-5-10(18-11)13(14,15)16/h2,5,9,20H,3-4,7H2,1H3,(H,18,19). The molecule has 0 amide bonds. The normalized spacial score (nSPS) is 18.2. The largest absolute Gasteiger partial charge is 0.433 e. The number of rotatable bonds is 4. The molecule has 0 radical (unpaired) electrons. The van der Waals surface area contributed by atoms with Gasteiger partial charge in [-0.3, -0.25) is 0 Å². The number of aromatic nitrogens is 1. The zero-order valence-corrected chi connectivity index (χ0v) is 10.8. The number of nitriles is 1. The molecule has 1 unspecified atom stereocenters. The summed E-state index contributed by atoms with van der Waals surface area (Å²) in [5, 5.41) is 21.2. The summed E-state index contributed by atoms with van der Waals surface area (Å²) in [5.41, 5.74) is -1.79. The molecule has 2 N–H and O–H groups in total. The Bertz CT molecular complexity index is 549. The number of alkyl halides is 3. The number of hydrogen-bond acceptors (Lipinski definition) is 4. The summed E-state index contributed by atoms with van der Waals surface area (Å²) in [6, 6.07) is 3.67. The smallest absolute Gasteiger partial charge is 0.394 e. The molecule has 0 bridgehead atoms. The molecule has 1 aliphatic rings. The lowest BCUT2D eigenvalue weighted by Gasteiger charge is -2.30. The van der Waals surface area contributed by atoms with Crippen LogP contribution in [-0.4, -0.2) is 22.2 Å². The van der Waals surface area contributed by atoms with Gasteiger partial charge in [0.25, 0.3) is 0 Å². The van der Waals surface area contributed by atoms with Gasteiger partial charge in [-0.1, -0.05) is 0 Å². The maximum atomic E-state index is 12.7. The second-order valence-corrected chi connectivity index (χ2v) is 5.18. The van der Waals surface area contributed by atoms with Crippen LogP contribution in [-0.2, 0) is 6.18 Å². The fourth-order valence-corrected chi connectivity index (χ4v) is 2.06. The molecule has 1 fully saturated rings. The van der Waals surface area contributed by atoms with Crippen molar-refractivity contribution in [2.24, 2.45) is 5.92 Å². The van der Waals surface area contributed by atoms with E-state index in [0.717, 1.165) is 25.0 Å². The predicted molar refractivity (Wildman–Crippen MR) is 65.8 cm³/mol. The molecule has 0 aliphatic heterocycles. The lowest BCUT2D eigenvalue weighted by molar-refractivity contribution is -0.141. The van der Waals surface area contributed by atoms with Crippen LogP contribution in [0, 0.1) is 17.2 Å². The summed E-state index contributed by atoms with van der Waals surface area (Å²) < 4.78 is 38.0. The third-order valence-electron chi connectivity index (χ3n) is 3.52. The maximum Gasteiger partial charge on any atom is 0.433 e. The minimum absolute atomic E-state index is 0.0262. The third-order valence-corrected chi connectivity index (χ3v) is 3.52. The van der Waals surface area contributed by atoms with Crippen LogP contribution in [0.3, 0.4) is 0 Å². The molecular weight excluding hydrogens is 271 g/mol. The monoisotopic (exact) mass is 285 g/mol. The van der Waals surface area contributed by atoms with E-state index in [1.807, 2.05) is 0 Å². The predicted octanol–water partition coefficient (Wildman–Crippen LogP) is 2.54. The van der Waals surface area contributed by atoms with Crippen LogP contribution in [0.5, 0.6) is 0 Å². The number of hydrogen-bond donors (Lipinski definition) is 2. The Morgan fingerprint density at radius 2 is 2.10 bits per heavy atom. The van der Waals surface area contributed by atoms with E-state index in [4.69, 9.17) is 5.26 Å². The molecule has 108 valence electrons. The molecule has 1 aromatic rings. The number of aliphatic hydroxyl groups is 1.